The Morgan fingerprint density at radius 3 is 2.64 bits per heavy atom. The Morgan fingerprint density at radius 1 is 1.20 bits per heavy atom. The van der Waals surface area contributed by atoms with Crippen LogP contribution in [0.15, 0.2) is 24.3 Å². The van der Waals surface area contributed by atoms with Gasteiger partial charge in [0.05, 0.1) is 6.04 Å². The zero-order chi connectivity index (χ0) is 16.9. The largest absolute Gasteiger partial charge is 0.354 e. The first kappa shape index (κ1) is 19.7. The van der Waals surface area contributed by atoms with Gasteiger partial charge < -0.3 is 15.5 Å². The topological polar surface area (TPSA) is 61.4 Å². The molecule has 0 radical (unpaired) electrons. The number of carbonyl (C=O) groups excluding carboxylic acids is 2. The highest BCUT2D eigenvalue weighted by molar-refractivity contribution is 5.94. The summed E-state index contributed by atoms with van der Waals surface area (Å²) in [5, 5.41) is 6.28. The molecule has 2 N–H and O–H groups in total. The molecule has 0 aromatic heterocycles. The van der Waals surface area contributed by atoms with Crippen LogP contribution in [0.4, 0.5) is 0 Å². The van der Waals surface area contributed by atoms with Crippen LogP contribution < -0.4 is 10.6 Å². The fraction of sp³-hybridized carbons (Fsp3) is 0.579. The lowest BCUT2D eigenvalue weighted by Crippen LogP contribution is -2.46. The summed E-state index contributed by atoms with van der Waals surface area (Å²) in [6, 6.07) is 7.72. The van der Waals surface area contributed by atoms with Gasteiger partial charge in [-0.05, 0) is 57.2 Å². The highest BCUT2D eigenvalue weighted by Crippen LogP contribution is 2.18. The number of nitrogens with one attached hydrogen (secondary N) is 2. The molecule has 2 amide bonds. The quantitative estimate of drug-likeness (QED) is 0.859. The summed E-state index contributed by atoms with van der Waals surface area (Å²) in [4.78, 5) is 26.7. The van der Waals surface area contributed by atoms with Gasteiger partial charge in [0.25, 0.3) is 5.91 Å². The molecule has 1 aromatic carbocycles. The van der Waals surface area contributed by atoms with Gasteiger partial charge in [-0.15, -0.1) is 12.4 Å². The van der Waals surface area contributed by atoms with Crippen molar-refractivity contribution in [3.8, 4) is 0 Å². The zero-order valence-electron chi connectivity index (χ0n) is 14.8. The number of carbonyl (C=O) groups is 2. The van der Waals surface area contributed by atoms with Gasteiger partial charge in [-0.2, -0.15) is 0 Å². The van der Waals surface area contributed by atoms with Crippen molar-refractivity contribution in [2.45, 2.75) is 38.6 Å². The molecule has 2 atom stereocenters. The Kier molecular flexibility index (Phi) is 7.26. The number of nitrogens with zero attached hydrogens (tertiary/aromatic N) is 1. The minimum atomic E-state index is -0.0288. The van der Waals surface area contributed by atoms with E-state index in [1.54, 1.807) is 0 Å². The van der Waals surface area contributed by atoms with Crippen molar-refractivity contribution in [3.63, 3.8) is 0 Å². The van der Waals surface area contributed by atoms with Gasteiger partial charge in [0.1, 0.15) is 0 Å². The molecule has 5 nitrogen and oxygen atoms in total. The van der Waals surface area contributed by atoms with Crippen molar-refractivity contribution < 1.29 is 9.59 Å². The first-order valence-electron chi connectivity index (χ1n) is 9.00. The van der Waals surface area contributed by atoms with Crippen LogP contribution in [0.3, 0.4) is 0 Å². The van der Waals surface area contributed by atoms with E-state index in [9.17, 15) is 9.59 Å². The number of aryl methyl sites for hydroxylation is 1. The standard InChI is InChI=1S/C19H27N3O2.ClH/c1-14-6-8-16(9-7-14)19(24)22-11-3-4-15(13-22)12-21-18(23)17-5-2-10-20-17;/h6-9,15,17,20H,2-5,10-13H2,1H3,(H,21,23);1H. The van der Waals surface area contributed by atoms with Crippen LogP contribution in [0.25, 0.3) is 0 Å². The minimum absolute atomic E-state index is 0. The van der Waals surface area contributed by atoms with Crippen molar-refractivity contribution >= 4 is 24.2 Å². The zero-order valence-corrected chi connectivity index (χ0v) is 15.6. The molecule has 2 saturated heterocycles. The second-order valence-corrected chi connectivity index (χ2v) is 7.02. The van der Waals surface area contributed by atoms with Crippen LogP contribution in [0.1, 0.15) is 41.6 Å². The number of amides is 2. The number of hydrogen-bond acceptors (Lipinski definition) is 3. The normalized spacial score (nSPS) is 23.0. The molecule has 1 aromatic rings. The number of likely N-dealkylation sites (tertiary alicyclic amines) is 1. The molecule has 6 heteroatoms. The minimum Gasteiger partial charge on any atom is -0.354 e. The number of halogens is 1. The van der Waals surface area contributed by atoms with E-state index >= 15 is 0 Å². The predicted octanol–water partition coefficient (Wildman–Crippen LogP) is 2.14. The third-order valence-corrected chi connectivity index (χ3v) is 5.05. The summed E-state index contributed by atoms with van der Waals surface area (Å²) in [7, 11) is 0. The van der Waals surface area contributed by atoms with Gasteiger partial charge in [0.15, 0.2) is 0 Å². The van der Waals surface area contributed by atoms with E-state index in [2.05, 4.69) is 10.6 Å². The lowest BCUT2D eigenvalue weighted by molar-refractivity contribution is -0.123. The Balaban J connectivity index is 0.00000225. The van der Waals surface area contributed by atoms with E-state index in [1.165, 1.54) is 0 Å². The van der Waals surface area contributed by atoms with Crippen LogP contribution >= 0.6 is 12.4 Å². The molecule has 138 valence electrons. The highest BCUT2D eigenvalue weighted by atomic mass is 35.5. The number of hydrogen-bond donors (Lipinski definition) is 2. The summed E-state index contributed by atoms with van der Waals surface area (Å²) in [5.74, 6) is 0.552. The highest BCUT2D eigenvalue weighted by Gasteiger charge is 2.26. The first-order chi connectivity index (χ1) is 11.6. The molecule has 2 aliphatic heterocycles. The maximum Gasteiger partial charge on any atom is 0.253 e. The maximum absolute atomic E-state index is 12.6. The second-order valence-electron chi connectivity index (χ2n) is 7.02. The van der Waals surface area contributed by atoms with Crippen molar-refractivity contribution in [1.29, 1.82) is 0 Å². The van der Waals surface area contributed by atoms with Gasteiger partial charge in [-0.25, -0.2) is 0 Å². The molecule has 25 heavy (non-hydrogen) atoms. The summed E-state index contributed by atoms with van der Waals surface area (Å²) in [5.41, 5.74) is 1.91. The number of piperidine rings is 1. The van der Waals surface area contributed by atoms with Gasteiger partial charge in [-0.1, -0.05) is 17.7 Å². The van der Waals surface area contributed by atoms with Gasteiger partial charge in [-0.3, -0.25) is 9.59 Å². The molecular weight excluding hydrogens is 338 g/mol. The summed E-state index contributed by atoms with van der Waals surface area (Å²) < 4.78 is 0. The lowest BCUT2D eigenvalue weighted by Gasteiger charge is -2.33. The van der Waals surface area contributed by atoms with Crippen molar-refractivity contribution in [2.75, 3.05) is 26.2 Å². The molecule has 3 rings (SSSR count). The third kappa shape index (κ3) is 5.19. The van der Waals surface area contributed by atoms with Gasteiger partial charge in [0, 0.05) is 25.2 Å². The van der Waals surface area contributed by atoms with E-state index in [4.69, 9.17) is 0 Å². The Hall–Kier alpha value is -1.59. The monoisotopic (exact) mass is 365 g/mol. The number of rotatable bonds is 4. The smallest absolute Gasteiger partial charge is 0.253 e. The summed E-state index contributed by atoms with van der Waals surface area (Å²) in [6.45, 7) is 5.15. The molecule has 2 aliphatic rings. The van der Waals surface area contributed by atoms with Crippen LogP contribution in [-0.2, 0) is 4.79 Å². The van der Waals surface area contributed by atoms with E-state index in [-0.39, 0.29) is 30.3 Å². The number of benzene rings is 1. The fourth-order valence-corrected chi connectivity index (χ4v) is 3.57. The molecule has 0 bridgehead atoms. The molecular formula is C19H28ClN3O2. The van der Waals surface area contributed by atoms with Gasteiger partial charge in [0.2, 0.25) is 5.91 Å². The second kappa shape index (κ2) is 9.20. The molecule has 2 unspecified atom stereocenters. The van der Waals surface area contributed by atoms with E-state index in [0.29, 0.717) is 12.5 Å². The van der Waals surface area contributed by atoms with Crippen LogP contribution in [0, 0.1) is 12.8 Å². The van der Waals surface area contributed by atoms with Gasteiger partial charge >= 0.3 is 0 Å². The summed E-state index contributed by atoms with van der Waals surface area (Å²) >= 11 is 0. The van der Waals surface area contributed by atoms with Crippen LogP contribution in [0.2, 0.25) is 0 Å². The average molecular weight is 366 g/mol. The molecule has 2 heterocycles. The van der Waals surface area contributed by atoms with Crippen molar-refractivity contribution in [3.05, 3.63) is 35.4 Å². The van der Waals surface area contributed by atoms with E-state index < -0.39 is 0 Å². The SMILES string of the molecule is Cc1ccc(C(=O)N2CCCC(CNC(=O)C3CCCN3)C2)cc1.Cl. The molecule has 0 spiro atoms. The molecule has 2 fully saturated rings. The van der Waals surface area contributed by atoms with Crippen molar-refractivity contribution in [1.82, 2.24) is 15.5 Å². The first-order valence-corrected chi connectivity index (χ1v) is 9.00. The Labute approximate surface area is 155 Å². The van der Waals surface area contributed by atoms with Crippen LogP contribution in [0.5, 0.6) is 0 Å². The average Bonchev–Trinajstić information content (AvgIpc) is 3.15. The van der Waals surface area contributed by atoms with Crippen LogP contribution in [-0.4, -0.2) is 48.9 Å². The van der Waals surface area contributed by atoms with E-state index in [1.807, 2.05) is 36.1 Å². The Morgan fingerprint density at radius 2 is 1.96 bits per heavy atom. The fourth-order valence-electron chi connectivity index (χ4n) is 3.57. The predicted molar refractivity (Wildman–Crippen MR) is 101 cm³/mol. The van der Waals surface area contributed by atoms with E-state index in [0.717, 1.165) is 56.4 Å². The third-order valence-electron chi connectivity index (χ3n) is 5.05. The lowest BCUT2D eigenvalue weighted by atomic mass is 9.97. The Bertz CT molecular complexity index is 585. The maximum atomic E-state index is 12.6. The molecule has 0 saturated carbocycles. The van der Waals surface area contributed by atoms with Crippen molar-refractivity contribution in [2.24, 2.45) is 5.92 Å². The summed E-state index contributed by atoms with van der Waals surface area (Å²) in [6.07, 6.45) is 4.06. The molecule has 0 aliphatic carbocycles.